The quantitative estimate of drug-likeness (QED) is 0.707. The van der Waals surface area contributed by atoms with Crippen molar-refractivity contribution < 1.29 is 28.6 Å². The van der Waals surface area contributed by atoms with Crippen molar-refractivity contribution in [3.8, 4) is 6.07 Å². The van der Waals surface area contributed by atoms with Crippen LogP contribution in [0.3, 0.4) is 0 Å². The Balaban J connectivity index is 1.56. The Labute approximate surface area is 180 Å². The van der Waals surface area contributed by atoms with Gasteiger partial charge >= 0.3 is 0 Å². The van der Waals surface area contributed by atoms with Crippen molar-refractivity contribution >= 4 is 11.8 Å². The van der Waals surface area contributed by atoms with Gasteiger partial charge in [0.15, 0.2) is 12.0 Å². The number of hydroxylamine groups is 2. The van der Waals surface area contributed by atoms with E-state index in [4.69, 9.17) is 19.0 Å². The first-order valence-corrected chi connectivity index (χ1v) is 10.3. The van der Waals surface area contributed by atoms with Crippen molar-refractivity contribution in [1.82, 2.24) is 9.96 Å². The van der Waals surface area contributed by atoms with Crippen molar-refractivity contribution in [2.75, 3.05) is 6.54 Å². The summed E-state index contributed by atoms with van der Waals surface area (Å²) in [6.07, 6.45) is -0.0695. The van der Waals surface area contributed by atoms with E-state index in [2.05, 4.69) is 0 Å². The summed E-state index contributed by atoms with van der Waals surface area (Å²) in [4.78, 5) is 32.7. The number of hydrogen-bond donors (Lipinski definition) is 0. The molecule has 0 saturated carbocycles. The highest BCUT2D eigenvalue weighted by Gasteiger charge is 2.57. The molecule has 4 atom stereocenters. The molecule has 3 heterocycles. The van der Waals surface area contributed by atoms with Gasteiger partial charge in [-0.1, -0.05) is 37.3 Å². The minimum atomic E-state index is -0.817. The summed E-state index contributed by atoms with van der Waals surface area (Å²) in [5.74, 6) is -1.94. The smallest absolute Gasteiger partial charge is 0.290 e. The highest BCUT2D eigenvalue weighted by molar-refractivity contribution is 6.00. The first-order chi connectivity index (χ1) is 14.8. The summed E-state index contributed by atoms with van der Waals surface area (Å²) in [5, 5.41) is 10.5. The molecule has 2 amide bonds. The van der Waals surface area contributed by atoms with Gasteiger partial charge in [-0.2, -0.15) is 5.26 Å². The summed E-state index contributed by atoms with van der Waals surface area (Å²) in [5.41, 5.74) is 0.606. The van der Waals surface area contributed by atoms with Crippen molar-refractivity contribution in [3.05, 3.63) is 47.7 Å². The van der Waals surface area contributed by atoms with Gasteiger partial charge in [0.25, 0.3) is 11.8 Å². The predicted molar refractivity (Wildman–Crippen MR) is 106 cm³/mol. The molecule has 0 radical (unpaired) electrons. The van der Waals surface area contributed by atoms with Crippen LogP contribution in [0.2, 0.25) is 0 Å². The lowest BCUT2D eigenvalue weighted by Crippen LogP contribution is -2.47. The van der Waals surface area contributed by atoms with Crippen LogP contribution in [0.25, 0.3) is 0 Å². The number of benzene rings is 1. The van der Waals surface area contributed by atoms with Crippen molar-refractivity contribution in [3.63, 3.8) is 0 Å². The Bertz CT molecular complexity index is 925. The topological polar surface area (TPSA) is 101 Å². The van der Waals surface area contributed by atoms with Crippen LogP contribution < -0.4 is 0 Å². The molecule has 0 bridgehead atoms. The number of fused-ring (bicyclic) bond motifs is 1. The minimum absolute atomic E-state index is 0.0895. The summed E-state index contributed by atoms with van der Waals surface area (Å²) in [6.45, 7) is 5.30. The monoisotopic (exact) mass is 427 g/mol. The molecule has 0 aromatic heterocycles. The second-order valence-electron chi connectivity index (χ2n) is 8.09. The van der Waals surface area contributed by atoms with Crippen molar-refractivity contribution in [1.29, 1.82) is 5.26 Å². The minimum Gasteiger partial charge on any atom is -0.349 e. The van der Waals surface area contributed by atoms with Gasteiger partial charge in [0, 0.05) is 6.20 Å². The second kappa shape index (κ2) is 8.40. The average Bonchev–Trinajstić information content (AvgIpc) is 3.20. The van der Waals surface area contributed by atoms with E-state index in [9.17, 15) is 14.9 Å². The van der Waals surface area contributed by atoms with Crippen LogP contribution in [0.5, 0.6) is 0 Å². The molecule has 0 aliphatic carbocycles. The number of ether oxygens (including phenoxy) is 3. The third-order valence-corrected chi connectivity index (χ3v) is 5.44. The van der Waals surface area contributed by atoms with Crippen molar-refractivity contribution in [2.45, 2.75) is 64.1 Å². The standard InChI is InChI=1S/C22H25N3O6/c1-4-16-18-19(31-22(2,3)30-18)21(29-16)24-11-15(10-23)20(27)25(12-17(24)26)28-13-14-8-6-5-7-9-14/h5-9,11,16,18-19,21H,4,12-13H2,1-3H3/t16-,18+,19?,21-/m1/s1. The molecule has 9 nitrogen and oxygen atoms in total. The highest BCUT2D eigenvalue weighted by Crippen LogP contribution is 2.41. The summed E-state index contributed by atoms with van der Waals surface area (Å²) >= 11 is 0. The summed E-state index contributed by atoms with van der Waals surface area (Å²) in [7, 11) is 0. The van der Waals surface area contributed by atoms with E-state index in [1.165, 1.54) is 11.1 Å². The molecule has 4 rings (SSSR count). The zero-order chi connectivity index (χ0) is 22.2. The SMILES string of the molecule is CC[C@H]1O[C@@H](N2C=C(C#N)C(=O)N(OCc3ccccc3)CC2=O)C2OC(C)(C)O[C@H]21. The van der Waals surface area contributed by atoms with Crippen LogP contribution in [0.1, 0.15) is 32.8 Å². The lowest BCUT2D eigenvalue weighted by molar-refractivity contribution is -0.206. The molecule has 3 aliphatic rings. The van der Waals surface area contributed by atoms with Gasteiger partial charge in [-0.25, -0.2) is 5.06 Å². The number of carbonyl (C=O) groups excluding carboxylic acids is 2. The lowest BCUT2D eigenvalue weighted by Gasteiger charge is -2.30. The van der Waals surface area contributed by atoms with E-state index >= 15 is 0 Å². The van der Waals surface area contributed by atoms with E-state index in [1.807, 2.05) is 43.3 Å². The number of hydrogen-bond acceptors (Lipinski definition) is 7. The number of nitriles is 1. The maximum Gasteiger partial charge on any atom is 0.290 e. The molecule has 9 heteroatoms. The molecular formula is C22H25N3O6. The normalized spacial score (nSPS) is 30.1. The van der Waals surface area contributed by atoms with Crippen LogP contribution in [0, 0.1) is 11.3 Å². The van der Waals surface area contributed by atoms with E-state index in [0.29, 0.717) is 6.42 Å². The molecule has 3 aliphatic heterocycles. The third kappa shape index (κ3) is 4.20. The second-order valence-corrected chi connectivity index (χ2v) is 8.09. The van der Waals surface area contributed by atoms with Gasteiger partial charge in [0.1, 0.15) is 37.0 Å². The van der Waals surface area contributed by atoms with Gasteiger partial charge in [0.2, 0.25) is 0 Å². The Morgan fingerprint density at radius 3 is 2.58 bits per heavy atom. The molecule has 31 heavy (non-hydrogen) atoms. The zero-order valence-corrected chi connectivity index (χ0v) is 17.7. The molecule has 2 fully saturated rings. The molecule has 0 spiro atoms. The molecule has 2 saturated heterocycles. The highest BCUT2D eigenvalue weighted by atomic mass is 16.8. The molecule has 1 unspecified atom stereocenters. The Morgan fingerprint density at radius 1 is 1.19 bits per heavy atom. The Morgan fingerprint density at radius 2 is 1.90 bits per heavy atom. The number of nitrogens with zero attached hydrogens (tertiary/aromatic N) is 3. The maximum atomic E-state index is 13.1. The van der Waals surface area contributed by atoms with Gasteiger partial charge in [0.05, 0.1) is 6.10 Å². The van der Waals surface area contributed by atoms with Gasteiger partial charge < -0.3 is 14.2 Å². The lowest BCUT2D eigenvalue weighted by atomic mass is 10.1. The predicted octanol–water partition coefficient (Wildman–Crippen LogP) is 1.85. The fraction of sp³-hybridized carbons (Fsp3) is 0.500. The van der Waals surface area contributed by atoms with Gasteiger partial charge in [-0.05, 0) is 25.8 Å². The Kier molecular flexibility index (Phi) is 5.81. The Hall–Kier alpha value is -2.77. The van der Waals surface area contributed by atoms with Gasteiger partial charge in [-0.3, -0.25) is 19.3 Å². The fourth-order valence-corrected chi connectivity index (χ4v) is 4.01. The van der Waals surface area contributed by atoms with Crippen LogP contribution in [0.4, 0.5) is 0 Å². The molecule has 1 aromatic rings. The largest absolute Gasteiger partial charge is 0.349 e. The van der Waals surface area contributed by atoms with Crippen LogP contribution in [-0.4, -0.2) is 58.6 Å². The average molecular weight is 427 g/mol. The first kappa shape index (κ1) is 21.5. The fourth-order valence-electron chi connectivity index (χ4n) is 4.01. The van der Waals surface area contributed by atoms with Gasteiger partial charge in [-0.15, -0.1) is 0 Å². The van der Waals surface area contributed by atoms with E-state index in [0.717, 1.165) is 10.6 Å². The molecule has 164 valence electrons. The molecular weight excluding hydrogens is 402 g/mol. The van der Waals surface area contributed by atoms with Crippen LogP contribution >= 0.6 is 0 Å². The number of amides is 2. The number of rotatable bonds is 5. The van der Waals surface area contributed by atoms with E-state index in [1.54, 1.807) is 13.8 Å². The van der Waals surface area contributed by atoms with Crippen LogP contribution in [-0.2, 0) is 35.2 Å². The maximum absolute atomic E-state index is 13.1. The third-order valence-electron chi connectivity index (χ3n) is 5.44. The first-order valence-electron chi connectivity index (χ1n) is 10.3. The summed E-state index contributed by atoms with van der Waals surface area (Å²) < 4.78 is 18.0. The number of carbonyl (C=O) groups is 2. The summed E-state index contributed by atoms with van der Waals surface area (Å²) in [6, 6.07) is 11.1. The van der Waals surface area contributed by atoms with E-state index in [-0.39, 0.29) is 30.9 Å². The molecule has 0 N–H and O–H groups in total. The molecule has 1 aromatic carbocycles. The zero-order valence-electron chi connectivity index (χ0n) is 17.7. The van der Waals surface area contributed by atoms with E-state index < -0.39 is 29.9 Å². The van der Waals surface area contributed by atoms with Crippen LogP contribution in [0.15, 0.2) is 42.1 Å². The van der Waals surface area contributed by atoms with Crippen molar-refractivity contribution in [2.24, 2.45) is 0 Å².